The van der Waals surface area contributed by atoms with Crippen LogP contribution in [0.5, 0.6) is 0 Å². The number of benzene rings is 2. The Balaban J connectivity index is 1.46. The first-order chi connectivity index (χ1) is 12.8. The van der Waals surface area contributed by atoms with Crippen molar-refractivity contribution >= 4 is 5.91 Å². The van der Waals surface area contributed by atoms with Crippen LogP contribution in [0.2, 0.25) is 0 Å². The van der Waals surface area contributed by atoms with E-state index in [1.54, 1.807) is 0 Å². The third kappa shape index (κ3) is 3.81. The van der Waals surface area contributed by atoms with Crippen LogP contribution >= 0.6 is 0 Å². The molecule has 0 radical (unpaired) electrons. The molecule has 4 nitrogen and oxygen atoms in total. The van der Waals surface area contributed by atoms with Crippen LogP contribution in [0.1, 0.15) is 27.9 Å². The molecule has 1 unspecified atom stereocenters. The van der Waals surface area contributed by atoms with Crippen LogP contribution in [-0.4, -0.2) is 61.0 Å². The van der Waals surface area contributed by atoms with Crippen molar-refractivity contribution in [2.75, 3.05) is 39.3 Å². The van der Waals surface area contributed by atoms with E-state index in [1.807, 2.05) is 24.3 Å². The summed E-state index contributed by atoms with van der Waals surface area (Å²) in [6.07, 6.45) is 1.89. The Hall–Kier alpha value is -2.17. The van der Waals surface area contributed by atoms with E-state index in [0.29, 0.717) is 6.04 Å². The predicted molar refractivity (Wildman–Crippen MR) is 104 cm³/mol. The van der Waals surface area contributed by atoms with Crippen molar-refractivity contribution < 1.29 is 4.79 Å². The Kier molecular flexibility index (Phi) is 5.32. The number of nitrogens with one attached hydrogen (secondary N) is 1. The van der Waals surface area contributed by atoms with Crippen LogP contribution in [0.4, 0.5) is 0 Å². The summed E-state index contributed by atoms with van der Waals surface area (Å²) in [5.41, 5.74) is 3.22. The molecule has 0 aromatic heterocycles. The van der Waals surface area contributed by atoms with Gasteiger partial charge in [0.25, 0.3) is 5.91 Å². The highest BCUT2D eigenvalue weighted by Gasteiger charge is 2.31. The second kappa shape index (κ2) is 8.02. The third-order valence-electron chi connectivity index (χ3n) is 5.60. The SMILES string of the molecule is O=C(c1ccccc1Cc1ccccc1)N1CCC(N2CCNCC2)C1. The third-order valence-corrected chi connectivity index (χ3v) is 5.60. The molecule has 1 N–H and O–H groups in total. The fourth-order valence-corrected chi connectivity index (χ4v) is 4.14. The minimum Gasteiger partial charge on any atom is -0.337 e. The largest absolute Gasteiger partial charge is 0.337 e. The lowest BCUT2D eigenvalue weighted by molar-refractivity contribution is 0.0772. The molecule has 2 heterocycles. The molecule has 26 heavy (non-hydrogen) atoms. The lowest BCUT2D eigenvalue weighted by Gasteiger charge is -2.32. The minimum absolute atomic E-state index is 0.189. The van der Waals surface area contributed by atoms with Crippen molar-refractivity contribution in [1.82, 2.24) is 15.1 Å². The first-order valence-electron chi connectivity index (χ1n) is 9.67. The number of nitrogens with zero attached hydrogens (tertiary/aromatic N) is 2. The summed E-state index contributed by atoms with van der Waals surface area (Å²) in [7, 11) is 0. The average molecular weight is 349 g/mol. The maximum atomic E-state index is 13.2. The highest BCUT2D eigenvalue weighted by atomic mass is 16.2. The summed E-state index contributed by atoms with van der Waals surface area (Å²) in [6, 6.07) is 19.0. The van der Waals surface area contributed by atoms with Crippen LogP contribution in [0, 0.1) is 0 Å². The monoisotopic (exact) mass is 349 g/mol. The van der Waals surface area contributed by atoms with Crippen molar-refractivity contribution in [2.24, 2.45) is 0 Å². The van der Waals surface area contributed by atoms with Crippen LogP contribution in [-0.2, 0) is 6.42 Å². The van der Waals surface area contributed by atoms with Gasteiger partial charge in [-0.2, -0.15) is 0 Å². The first-order valence-corrected chi connectivity index (χ1v) is 9.67. The van der Waals surface area contributed by atoms with Gasteiger partial charge in [0.2, 0.25) is 0 Å². The number of carbonyl (C=O) groups excluding carboxylic acids is 1. The van der Waals surface area contributed by atoms with Crippen molar-refractivity contribution in [3.05, 3.63) is 71.3 Å². The Bertz CT molecular complexity index is 740. The Morgan fingerprint density at radius 3 is 2.50 bits per heavy atom. The van der Waals surface area contributed by atoms with Gasteiger partial charge in [0.05, 0.1) is 0 Å². The van der Waals surface area contributed by atoms with E-state index < -0.39 is 0 Å². The van der Waals surface area contributed by atoms with Gasteiger partial charge >= 0.3 is 0 Å². The molecule has 4 rings (SSSR count). The molecule has 4 heteroatoms. The fraction of sp³-hybridized carbons (Fsp3) is 0.409. The molecular weight excluding hydrogens is 322 g/mol. The van der Waals surface area contributed by atoms with E-state index >= 15 is 0 Å². The minimum atomic E-state index is 0.189. The molecule has 2 aromatic rings. The van der Waals surface area contributed by atoms with Gasteiger partial charge in [0, 0.05) is 50.9 Å². The molecule has 2 aromatic carbocycles. The van der Waals surface area contributed by atoms with E-state index in [9.17, 15) is 4.79 Å². The van der Waals surface area contributed by atoms with Gasteiger partial charge in [0.15, 0.2) is 0 Å². The highest BCUT2D eigenvalue weighted by Crippen LogP contribution is 2.21. The molecule has 2 aliphatic heterocycles. The van der Waals surface area contributed by atoms with E-state index in [4.69, 9.17) is 0 Å². The van der Waals surface area contributed by atoms with Crippen molar-refractivity contribution in [3.63, 3.8) is 0 Å². The van der Waals surface area contributed by atoms with Crippen LogP contribution in [0.15, 0.2) is 54.6 Å². The highest BCUT2D eigenvalue weighted by molar-refractivity contribution is 5.96. The molecule has 0 aliphatic carbocycles. The van der Waals surface area contributed by atoms with Gasteiger partial charge in [-0.25, -0.2) is 0 Å². The van der Waals surface area contributed by atoms with Crippen molar-refractivity contribution in [1.29, 1.82) is 0 Å². The van der Waals surface area contributed by atoms with E-state index in [1.165, 1.54) is 5.56 Å². The molecule has 2 fully saturated rings. The molecule has 2 aliphatic rings. The zero-order valence-electron chi connectivity index (χ0n) is 15.2. The number of piperazine rings is 1. The zero-order valence-corrected chi connectivity index (χ0v) is 15.2. The average Bonchev–Trinajstić information content (AvgIpc) is 3.20. The van der Waals surface area contributed by atoms with Crippen molar-refractivity contribution in [3.8, 4) is 0 Å². The summed E-state index contributed by atoms with van der Waals surface area (Å²) in [6.45, 7) is 6.04. The quantitative estimate of drug-likeness (QED) is 0.921. The van der Waals surface area contributed by atoms with Gasteiger partial charge in [-0.1, -0.05) is 48.5 Å². The molecular formula is C22H27N3O. The lowest BCUT2D eigenvalue weighted by Crippen LogP contribution is -2.49. The van der Waals surface area contributed by atoms with Crippen LogP contribution < -0.4 is 5.32 Å². The lowest BCUT2D eigenvalue weighted by atomic mass is 9.99. The summed E-state index contributed by atoms with van der Waals surface area (Å²) < 4.78 is 0. The van der Waals surface area contributed by atoms with Crippen molar-refractivity contribution in [2.45, 2.75) is 18.9 Å². The van der Waals surface area contributed by atoms with Crippen LogP contribution in [0.25, 0.3) is 0 Å². The second-order valence-electron chi connectivity index (χ2n) is 7.30. The Labute approximate surface area is 155 Å². The van der Waals surface area contributed by atoms with Crippen LogP contribution in [0.3, 0.4) is 0 Å². The molecule has 0 saturated carbocycles. The maximum Gasteiger partial charge on any atom is 0.254 e. The molecule has 1 atom stereocenters. The van der Waals surface area contributed by atoms with Gasteiger partial charge in [-0.05, 0) is 30.0 Å². The number of carbonyl (C=O) groups is 1. The second-order valence-corrected chi connectivity index (χ2v) is 7.30. The molecule has 0 bridgehead atoms. The molecule has 1 amide bonds. The maximum absolute atomic E-state index is 13.2. The number of hydrogen-bond acceptors (Lipinski definition) is 3. The van der Waals surface area contributed by atoms with E-state index in [2.05, 4.69) is 45.4 Å². The fourth-order valence-electron chi connectivity index (χ4n) is 4.14. The summed E-state index contributed by atoms with van der Waals surface area (Å²) in [4.78, 5) is 17.8. The molecule has 0 spiro atoms. The summed E-state index contributed by atoms with van der Waals surface area (Å²) >= 11 is 0. The first kappa shape index (κ1) is 17.3. The number of hydrogen-bond donors (Lipinski definition) is 1. The van der Waals surface area contributed by atoms with E-state index in [-0.39, 0.29) is 5.91 Å². The normalized spacial score (nSPS) is 21.1. The zero-order chi connectivity index (χ0) is 17.8. The van der Waals surface area contributed by atoms with Gasteiger partial charge in [-0.3, -0.25) is 9.69 Å². The number of amides is 1. The van der Waals surface area contributed by atoms with E-state index in [0.717, 1.165) is 63.2 Å². The summed E-state index contributed by atoms with van der Waals surface area (Å²) in [5.74, 6) is 0.189. The summed E-state index contributed by atoms with van der Waals surface area (Å²) in [5, 5.41) is 3.41. The molecule has 136 valence electrons. The van der Waals surface area contributed by atoms with Gasteiger partial charge < -0.3 is 10.2 Å². The van der Waals surface area contributed by atoms with Gasteiger partial charge in [-0.15, -0.1) is 0 Å². The predicted octanol–water partition coefficient (Wildman–Crippen LogP) is 2.40. The topological polar surface area (TPSA) is 35.6 Å². The van der Waals surface area contributed by atoms with Gasteiger partial charge in [0.1, 0.15) is 0 Å². The Morgan fingerprint density at radius 1 is 0.962 bits per heavy atom. The standard InChI is InChI=1S/C22H27N3O/c26-22(25-13-10-20(17-25)24-14-11-23-12-15-24)21-9-5-4-8-19(21)16-18-6-2-1-3-7-18/h1-9,20,23H,10-17H2. The smallest absolute Gasteiger partial charge is 0.254 e. The number of likely N-dealkylation sites (tertiary alicyclic amines) is 1. The number of rotatable bonds is 4. The Morgan fingerprint density at radius 2 is 1.69 bits per heavy atom. The molecule has 2 saturated heterocycles.